The van der Waals surface area contributed by atoms with Crippen molar-refractivity contribution in [2.45, 2.75) is 6.92 Å². The Labute approximate surface area is 42.6 Å². The topological polar surface area (TPSA) is 78.5 Å². The molecule has 0 bridgehead atoms. The molecule has 0 aliphatic rings. The third kappa shape index (κ3) is 5.07. The molecule has 0 saturated carbocycles. The lowest BCUT2D eigenvalue weighted by molar-refractivity contribution is 0.761. The first-order chi connectivity index (χ1) is 3.27. The Morgan fingerprint density at radius 1 is 1.57 bits per heavy atom. The Morgan fingerprint density at radius 3 is 2.29 bits per heavy atom. The summed E-state index contributed by atoms with van der Waals surface area (Å²) in [7, 11) is 0. The van der Waals surface area contributed by atoms with Gasteiger partial charge in [-0.2, -0.15) is 5.43 Å². The molecule has 0 fully saturated rings. The molecule has 4 nitrogen and oxygen atoms in total. The molecule has 0 atom stereocenters. The van der Waals surface area contributed by atoms with Gasteiger partial charge in [0.05, 0.1) is 6.54 Å². The zero-order chi connectivity index (χ0) is 5.70. The minimum atomic E-state index is 0.0156. The molecule has 0 spiro atoms. The molecule has 0 aromatic rings. The van der Waals surface area contributed by atoms with Crippen LogP contribution in [0.5, 0.6) is 0 Å². The zero-order valence-electron chi connectivity index (χ0n) is 4.26. The van der Waals surface area contributed by atoms with Gasteiger partial charge in [0.15, 0.2) is 0 Å². The number of nitrogens with zero attached hydrogens (tertiary/aromatic N) is 2. The lowest BCUT2D eigenvalue weighted by atomic mass is 10.8. The Hall–Kier alpha value is -0.930. The molecule has 41 valence electrons. The van der Waals surface area contributed by atoms with Gasteiger partial charge in [0, 0.05) is 0 Å². The average Bonchev–Trinajstić information content (AvgIpc) is 1.61. The van der Waals surface area contributed by atoms with E-state index in [4.69, 9.17) is 11.5 Å². The van der Waals surface area contributed by atoms with Crippen LogP contribution in [0.4, 0.5) is 0 Å². The lowest BCUT2D eigenvalue weighted by Crippen LogP contribution is -2.24. The van der Waals surface area contributed by atoms with Gasteiger partial charge in [0.2, 0.25) is 5.96 Å². The van der Waals surface area contributed by atoms with Gasteiger partial charge in [0.25, 0.3) is 0 Å². The summed E-state index contributed by atoms with van der Waals surface area (Å²) in [6, 6.07) is 0. The van der Waals surface area contributed by atoms with E-state index in [0.29, 0.717) is 6.54 Å². The number of nitrogens with two attached hydrogens (primary N) is 2. The van der Waals surface area contributed by atoms with Crippen LogP contribution in [0.3, 0.4) is 0 Å². The van der Waals surface area contributed by atoms with E-state index in [2.05, 4.69) is 10.5 Å². The predicted octanol–water partition coefficient (Wildman–Crippen LogP) is -1.20. The largest absolute Gasteiger partial charge is 0.369 e. The van der Waals surface area contributed by atoms with Crippen molar-refractivity contribution in [1.82, 2.24) is 5.43 Å². The van der Waals surface area contributed by atoms with E-state index in [1.807, 2.05) is 6.92 Å². The quantitative estimate of drug-likeness (QED) is 0.260. The number of rotatable bonds is 2. The van der Waals surface area contributed by atoms with Crippen molar-refractivity contribution in [2.24, 2.45) is 16.6 Å². The summed E-state index contributed by atoms with van der Waals surface area (Å²) in [6.45, 7) is 2.48. The highest BCUT2D eigenvalue weighted by Gasteiger charge is 1.74. The van der Waals surface area contributed by atoms with Crippen molar-refractivity contribution in [3.05, 3.63) is 0 Å². The number of hydrogen-bond donors (Lipinski definition) is 2. The molecule has 0 aliphatic heterocycles. The van der Waals surface area contributed by atoms with Crippen molar-refractivity contribution < 1.29 is 0 Å². The predicted molar refractivity (Wildman–Crippen MR) is 28.5 cm³/mol. The van der Waals surface area contributed by atoms with Crippen molar-refractivity contribution in [2.75, 3.05) is 6.54 Å². The zero-order valence-corrected chi connectivity index (χ0v) is 4.26. The maximum atomic E-state index is 4.91. The lowest BCUT2D eigenvalue weighted by Gasteiger charge is -1.86. The minimum absolute atomic E-state index is 0.0156. The third-order valence-corrected chi connectivity index (χ3v) is 0.328. The Balaban J connectivity index is 3.08. The highest BCUT2D eigenvalue weighted by atomic mass is 15.3. The van der Waals surface area contributed by atoms with Gasteiger partial charge < -0.3 is 11.5 Å². The summed E-state index contributed by atoms with van der Waals surface area (Å²) < 4.78 is 0. The van der Waals surface area contributed by atoms with E-state index in [9.17, 15) is 0 Å². The highest BCUT2D eigenvalue weighted by molar-refractivity contribution is 5.75. The van der Waals surface area contributed by atoms with Gasteiger partial charge in [-0.25, -0.2) is 0 Å². The van der Waals surface area contributed by atoms with Crippen LogP contribution < -0.4 is 16.9 Å². The van der Waals surface area contributed by atoms with Crippen LogP contribution in [-0.4, -0.2) is 12.5 Å². The molecule has 0 aromatic heterocycles. The van der Waals surface area contributed by atoms with Gasteiger partial charge >= 0.3 is 0 Å². The molecule has 0 aromatic carbocycles. The Bertz CT molecular complexity index is 63.3. The summed E-state index contributed by atoms with van der Waals surface area (Å²) in [5.74, 6) is 0.0156. The maximum Gasteiger partial charge on any atom is 0.210 e. The first-order valence-corrected chi connectivity index (χ1v) is 2.02. The Morgan fingerprint density at radius 2 is 2.14 bits per heavy atom. The molecular weight excluding hydrogens is 92.1 g/mol. The molecule has 7 heavy (non-hydrogen) atoms. The minimum Gasteiger partial charge on any atom is -0.369 e. The van der Waals surface area contributed by atoms with Crippen LogP contribution in [0.1, 0.15) is 6.92 Å². The second kappa shape index (κ2) is 3.27. The number of guanidine groups is 1. The molecular formula is C3H9N4. The van der Waals surface area contributed by atoms with Crippen LogP contribution in [-0.2, 0) is 0 Å². The second-order valence-electron chi connectivity index (χ2n) is 0.983. The van der Waals surface area contributed by atoms with Crippen LogP contribution in [0, 0.1) is 0 Å². The van der Waals surface area contributed by atoms with E-state index in [1.165, 1.54) is 0 Å². The smallest absolute Gasteiger partial charge is 0.210 e. The van der Waals surface area contributed by atoms with Crippen LogP contribution in [0.15, 0.2) is 5.10 Å². The van der Waals surface area contributed by atoms with Gasteiger partial charge in [-0.15, -0.1) is 5.10 Å². The van der Waals surface area contributed by atoms with E-state index in [1.54, 1.807) is 0 Å². The monoisotopic (exact) mass is 101 g/mol. The summed E-state index contributed by atoms with van der Waals surface area (Å²) in [4.78, 5) is 0. The fourth-order valence-corrected chi connectivity index (χ4v) is 0.152. The first-order valence-electron chi connectivity index (χ1n) is 2.02. The van der Waals surface area contributed by atoms with E-state index < -0.39 is 0 Å². The van der Waals surface area contributed by atoms with Gasteiger partial charge in [-0.3, -0.25) is 0 Å². The fourth-order valence-electron chi connectivity index (χ4n) is 0.152. The molecule has 0 aliphatic carbocycles. The average molecular weight is 101 g/mol. The summed E-state index contributed by atoms with van der Waals surface area (Å²) in [5.41, 5.74) is 13.3. The summed E-state index contributed by atoms with van der Waals surface area (Å²) in [5, 5.41) is 3.34. The van der Waals surface area contributed by atoms with Crippen molar-refractivity contribution in [3.8, 4) is 0 Å². The van der Waals surface area contributed by atoms with Gasteiger partial charge in [0.1, 0.15) is 0 Å². The Kier molecular flexibility index (Phi) is 2.83. The van der Waals surface area contributed by atoms with Crippen molar-refractivity contribution in [1.29, 1.82) is 0 Å². The van der Waals surface area contributed by atoms with Gasteiger partial charge in [-0.05, 0) is 6.92 Å². The molecule has 0 heterocycles. The summed E-state index contributed by atoms with van der Waals surface area (Å²) in [6.07, 6.45) is 0. The molecule has 0 saturated heterocycles. The molecule has 1 radical (unpaired) electrons. The van der Waals surface area contributed by atoms with E-state index >= 15 is 0 Å². The first kappa shape index (κ1) is 6.07. The molecule has 4 heteroatoms. The van der Waals surface area contributed by atoms with Crippen LogP contribution in [0.25, 0.3) is 0 Å². The van der Waals surface area contributed by atoms with E-state index in [0.717, 1.165) is 0 Å². The highest BCUT2D eigenvalue weighted by Crippen LogP contribution is 1.57. The molecule has 0 unspecified atom stereocenters. The van der Waals surface area contributed by atoms with Crippen molar-refractivity contribution >= 4 is 5.96 Å². The second-order valence-corrected chi connectivity index (χ2v) is 0.983. The SMILES string of the molecule is CC[N]N=C(N)N. The van der Waals surface area contributed by atoms with Crippen LogP contribution >= 0.6 is 0 Å². The summed E-state index contributed by atoms with van der Waals surface area (Å²) >= 11 is 0. The van der Waals surface area contributed by atoms with Crippen molar-refractivity contribution in [3.63, 3.8) is 0 Å². The number of hydrogen-bond acceptors (Lipinski definition) is 1. The van der Waals surface area contributed by atoms with Crippen LogP contribution in [0.2, 0.25) is 0 Å². The van der Waals surface area contributed by atoms with Gasteiger partial charge in [-0.1, -0.05) is 0 Å². The maximum absolute atomic E-state index is 4.91. The molecule has 0 rings (SSSR count). The standard InChI is InChI=1S/C3H9N4/c1-2-6-7-3(4)5/h2H2,1H3,(H4,4,5,7). The fraction of sp³-hybridized carbons (Fsp3) is 0.667. The normalized spacial score (nSPS) is 7.57. The molecule has 4 N–H and O–H groups in total. The molecule has 0 amide bonds. The third-order valence-electron chi connectivity index (χ3n) is 0.328. The van der Waals surface area contributed by atoms with E-state index in [-0.39, 0.29) is 5.96 Å².